The number of nitro groups is 1. The average Bonchev–Trinajstić information content (AvgIpc) is 2.64. The van der Waals surface area contributed by atoms with Crippen molar-refractivity contribution in [1.29, 1.82) is 0 Å². The highest BCUT2D eigenvalue weighted by Crippen LogP contribution is 2.24. The number of carbonyl (C=O) groups is 1. The molecule has 0 heterocycles. The molecule has 8 nitrogen and oxygen atoms in total. The summed E-state index contributed by atoms with van der Waals surface area (Å²) in [7, 11) is 0. The molecule has 2 aromatic carbocycles. The van der Waals surface area contributed by atoms with Gasteiger partial charge in [-0.05, 0) is 32.0 Å². The number of hydrogen-bond acceptors (Lipinski definition) is 5. The molecule has 0 aliphatic carbocycles. The molecule has 2 amide bonds. The minimum Gasteiger partial charge on any atom is -0.372 e. The van der Waals surface area contributed by atoms with Crippen LogP contribution in [-0.4, -0.2) is 30.3 Å². The number of rotatable bonds is 7. The van der Waals surface area contributed by atoms with Crippen LogP contribution in [0.25, 0.3) is 0 Å². The zero-order valence-corrected chi connectivity index (χ0v) is 14.7. The molecule has 2 N–H and O–H groups in total. The summed E-state index contributed by atoms with van der Waals surface area (Å²) in [4.78, 5) is 24.5. The second-order valence-electron chi connectivity index (χ2n) is 5.36. The average molecular weight is 355 g/mol. The molecule has 0 aromatic heterocycles. The summed E-state index contributed by atoms with van der Waals surface area (Å²) in [6, 6.07) is 13.0. The van der Waals surface area contributed by atoms with E-state index < -0.39 is 11.0 Å². The number of non-ortho nitro benzene ring substituents is 1. The molecule has 8 heteroatoms. The van der Waals surface area contributed by atoms with Gasteiger partial charge in [0.15, 0.2) is 0 Å². The van der Waals surface area contributed by atoms with E-state index in [0.717, 1.165) is 18.8 Å². The van der Waals surface area contributed by atoms with Gasteiger partial charge in [0, 0.05) is 42.2 Å². The van der Waals surface area contributed by atoms with Gasteiger partial charge >= 0.3 is 6.03 Å². The first-order valence-corrected chi connectivity index (χ1v) is 8.23. The number of nitro benzene ring substituents is 1. The summed E-state index contributed by atoms with van der Waals surface area (Å²) in [5.41, 5.74) is 4.34. The summed E-state index contributed by atoms with van der Waals surface area (Å²) in [5.74, 6) is 0. The molecule has 0 unspecified atom stereocenters. The Morgan fingerprint density at radius 3 is 2.50 bits per heavy atom. The van der Waals surface area contributed by atoms with Crippen molar-refractivity contribution < 1.29 is 9.72 Å². The Hall–Kier alpha value is -3.42. The number of nitrogens with one attached hydrogen (secondary N) is 2. The van der Waals surface area contributed by atoms with E-state index in [-0.39, 0.29) is 5.69 Å². The molecule has 0 radical (unpaired) electrons. The Morgan fingerprint density at radius 2 is 1.88 bits per heavy atom. The van der Waals surface area contributed by atoms with Crippen molar-refractivity contribution in [1.82, 2.24) is 5.43 Å². The van der Waals surface area contributed by atoms with Crippen LogP contribution in [0.2, 0.25) is 0 Å². The van der Waals surface area contributed by atoms with Gasteiger partial charge in [-0.25, -0.2) is 10.2 Å². The molecule has 0 aliphatic heterocycles. The van der Waals surface area contributed by atoms with Gasteiger partial charge in [0.05, 0.1) is 11.1 Å². The number of para-hydroxylation sites is 1. The molecule has 26 heavy (non-hydrogen) atoms. The normalized spacial score (nSPS) is 10.5. The van der Waals surface area contributed by atoms with Crippen molar-refractivity contribution in [3.8, 4) is 0 Å². The lowest BCUT2D eigenvalue weighted by Gasteiger charge is -2.22. The number of benzene rings is 2. The smallest absolute Gasteiger partial charge is 0.339 e. The maximum absolute atomic E-state index is 11.9. The van der Waals surface area contributed by atoms with Crippen LogP contribution >= 0.6 is 0 Å². The van der Waals surface area contributed by atoms with Gasteiger partial charge < -0.3 is 10.2 Å². The number of urea groups is 1. The third-order valence-electron chi connectivity index (χ3n) is 3.73. The lowest BCUT2D eigenvalue weighted by atomic mass is 10.1. The van der Waals surface area contributed by atoms with Crippen LogP contribution in [0.5, 0.6) is 0 Å². The topological polar surface area (TPSA) is 99.9 Å². The molecule has 0 fully saturated rings. The Balaban J connectivity index is 2.15. The second-order valence-corrected chi connectivity index (χ2v) is 5.36. The van der Waals surface area contributed by atoms with Crippen LogP contribution < -0.4 is 15.6 Å². The van der Waals surface area contributed by atoms with E-state index in [1.165, 1.54) is 18.3 Å². The monoisotopic (exact) mass is 355 g/mol. The first kappa shape index (κ1) is 18.9. The molecule has 0 aliphatic rings. The van der Waals surface area contributed by atoms with E-state index in [0.29, 0.717) is 11.3 Å². The van der Waals surface area contributed by atoms with Gasteiger partial charge in [0.1, 0.15) is 0 Å². The Morgan fingerprint density at radius 1 is 1.19 bits per heavy atom. The third-order valence-corrected chi connectivity index (χ3v) is 3.73. The number of nitrogens with zero attached hydrogens (tertiary/aromatic N) is 3. The number of amides is 2. The number of hydrogen-bond donors (Lipinski definition) is 2. The van der Waals surface area contributed by atoms with Gasteiger partial charge in [-0.1, -0.05) is 18.2 Å². The minimum atomic E-state index is -0.498. The molecule has 0 saturated carbocycles. The summed E-state index contributed by atoms with van der Waals surface area (Å²) < 4.78 is 0. The predicted molar refractivity (Wildman–Crippen MR) is 103 cm³/mol. The Kier molecular flexibility index (Phi) is 6.67. The van der Waals surface area contributed by atoms with Crippen molar-refractivity contribution in [3.05, 3.63) is 64.2 Å². The van der Waals surface area contributed by atoms with Crippen LogP contribution in [0.15, 0.2) is 53.6 Å². The van der Waals surface area contributed by atoms with Crippen LogP contribution in [0, 0.1) is 10.1 Å². The van der Waals surface area contributed by atoms with Crippen molar-refractivity contribution in [2.75, 3.05) is 23.3 Å². The van der Waals surface area contributed by atoms with E-state index in [9.17, 15) is 14.9 Å². The summed E-state index contributed by atoms with van der Waals surface area (Å²) in [6.45, 7) is 5.49. The number of anilines is 2. The predicted octanol–water partition coefficient (Wildman–Crippen LogP) is 3.60. The lowest BCUT2D eigenvalue weighted by Crippen LogP contribution is -2.25. The van der Waals surface area contributed by atoms with E-state index >= 15 is 0 Å². The van der Waals surface area contributed by atoms with Crippen LogP contribution in [-0.2, 0) is 0 Å². The first-order valence-electron chi connectivity index (χ1n) is 8.23. The Labute approximate surface area is 151 Å². The Bertz CT molecular complexity index is 789. The van der Waals surface area contributed by atoms with Gasteiger partial charge in [-0.2, -0.15) is 5.10 Å². The van der Waals surface area contributed by atoms with Crippen molar-refractivity contribution in [3.63, 3.8) is 0 Å². The highest BCUT2D eigenvalue weighted by molar-refractivity contribution is 5.92. The fraction of sp³-hybridized carbons (Fsp3) is 0.222. The zero-order valence-electron chi connectivity index (χ0n) is 14.7. The number of hydrazone groups is 1. The summed E-state index contributed by atoms with van der Waals surface area (Å²) in [5, 5.41) is 17.6. The molecular weight excluding hydrogens is 334 g/mol. The van der Waals surface area contributed by atoms with Crippen LogP contribution in [0.3, 0.4) is 0 Å². The van der Waals surface area contributed by atoms with Gasteiger partial charge in [-0.3, -0.25) is 10.1 Å². The van der Waals surface area contributed by atoms with Crippen molar-refractivity contribution in [2.24, 2.45) is 5.10 Å². The van der Waals surface area contributed by atoms with E-state index in [1.807, 2.05) is 19.9 Å². The quantitative estimate of drug-likeness (QED) is 0.450. The van der Waals surface area contributed by atoms with E-state index in [1.54, 1.807) is 30.3 Å². The molecule has 0 saturated heterocycles. The van der Waals surface area contributed by atoms with Crippen molar-refractivity contribution >= 4 is 29.3 Å². The molecule has 0 atom stereocenters. The van der Waals surface area contributed by atoms with E-state index in [2.05, 4.69) is 20.7 Å². The van der Waals surface area contributed by atoms with Crippen LogP contribution in [0.4, 0.5) is 21.9 Å². The highest BCUT2D eigenvalue weighted by Gasteiger charge is 2.13. The first-order chi connectivity index (χ1) is 12.5. The fourth-order valence-corrected chi connectivity index (χ4v) is 2.45. The molecule has 0 spiro atoms. The minimum absolute atomic E-state index is 0.0314. The number of carbonyl (C=O) groups excluding carboxylic acids is 1. The molecule has 0 bridgehead atoms. The highest BCUT2D eigenvalue weighted by atomic mass is 16.6. The maximum atomic E-state index is 11.9. The van der Waals surface area contributed by atoms with Gasteiger partial charge in [0.25, 0.3) is 5.69 Å². The largest absolute Gasteiger partial charge is 0.372 e. The maximum Gasteiger partial charge on any atom is 0.339 e. The summed E-state index contributed by atoms with van der Waals surface area (Å²) in [6.07, 6.45) is 1.41. The third kappa shape index (κ3) is 5.04. The molecular formula is C18H21N5O3. The molecule has 136 valence electrons. The van der Waals surface area contributed by atoms with Crippen molar-refractivity contribution in [2.45, 2.75) is 13.8 Å². The SMILES string of the molecule is CCN(CC)c1ccc([N+](=O)[O-])cc1C=NNC(=O)Nc1ccccc1. The van der Waals surface area contributed by atoms with E-state index in [4.69, 9.17) is 0 Å². The summed E-state index contributed by atoms with van der Waals surface area (Å²) >= 11 is 0. The standard InChI is InChI=1S/C18H21N5O3/c1-3-22(4-2)17-11-10-16(23(25)26)12-14(17)13-19-21-18(24)20-15-8-6-5-7-9-15/h5-13H,3-4H2,1-2H3,(H2,20,21,24). The van der Waals surface area contributed by atoms with Gasteiger partial charge in [0.2, 0.25) is 0 Å². The van der Waals surface area contributed by atoms with Crippen LogP contribution in [0.1, 0.15) is 19.4 Å². The lowest BCUT2D eigenvalue weighted by molar-refractivity contribution is -0.384. The fourth-order valence-electron chi connectivity index (χ4n) is 2.45. The molecule has 2 rings (SSSR count). The zero-order chi connectivity index (χ0) is 18.9. The van der Waals surface area contributed by atoms with Gasteiger partial charge in [-0.15, -0.1) is 0 Å². The molecule has 2 aromatic rings. The second kappa shape index (κ2) is 9.16.